The van der Waals surface area contributed by atoms with Gasteiger partial charge in [-0.1, -0.05) is 13.8 Å². The molecule has 0 aromatic rings. The Hall–Kier alpha value is -5.12. The summed E-state index contributed by atoms with van der Waals surface area (Å²) in [7, 11) is 1.44. The molecule has 17 nitrogen and oxygen atoms in total. The molecule has 0 spiro atoms. The molecule has 346 valence electrons. The van der Waals surface area contributed by atoms with Crippen molar-refractivity contribution in [1.29, 1.82) is 0 Å². The van der Waals surface area contributed by atoms with Gasteiger partial charge in [-0.05, 0) is 52.5 Å². The third-order valence-corrected chi connectivity index (χ3v) is 5.99. The minimum Gasteiger partial charge on any atom is -0.480 e. The van der Waals surface area contributed by atoms with Crippen LogP contribution in [0, 0.1) is 0 Å². The normalized spacial score (nSPS) is 12.1. The smallest absolute Gasteiger partial charge is 0.471 e. The highest BCUT2D eigenvalue weighted by Crippen LogP contribution is 2.16. The molecule has 0 aliphatic heterocycles. The Kier molecular flexibility index (Phi) is 32.7. The largest absolute Gasteiger partial charge is 0.480 e. The van der Waals surface area contributed by atoms with E-state index < -0.39 is 84.7 Å². The van der Waals surface area contributed by atoms with Crippen LogP contribution in [0.25, 0.3) is 0 Å². The first-order chi connectivity index (χ1) is 26.9. The van der Waals surface area contributed by atoms with Crippen molar-refractivity contribution < 1.29 is 96.1 Å². The fraction of sp³-hybridized carbons (Fsp3) is 0.733. The number of carboxylic acid groups (broad SMARTS) is 1. The number of likely N-dealkylation sites (N-methyl/N-ethyl adjacent to an activating group) is 1. The predicted octanol–water partition coefficient (Wildman–Crippen LogP) is 1.08. The molecular weight excluding hydrogens is 844 g/mol. The number of rotatable bonds is 20. The molecule has 0 fully saturated rings. The number of nitrogens with one attached hydrogen (secondary N) is 8. The quantitative estimate of drug-likeness (QED) is 0.0478. The lowest BCUT2D eigenvalue weighted by Crippen LogP contribution is -2.47. The molecule has 2 atom stereocenters. The highest BCUT2D eigenvalue weighted by Gasteiger charge is 2.40. The van der Waals surface area contributed by atoms with Gasteiger partial charge in [-0.15, -0.1) is 0 Å². The molecule has 0 saturated carbocycles. The summed E-state index contributed by atoms with van der Waals surface area (Å²) in [4.78, 5) is 84.1. The summed E-state index contributed by atoms with van der Waals surface area (Å²) >= 11 is 0. The molecule has 0 bridgehead atoms. The number of alkyl halides is 12. The summed E-state index contributed by atoms with van der Waals surface area (Å²) in [5.74, 6) is -10.0. The first-order valence-electron chi connectivity index (χ1n) is 16.9. The maximum Gasteiger partial charge on any atom is 0.471 e. The molecule has 0 aromatic heterocycles. The molecular formula is C30H48F12N8O9. The van der Waals surface area contributed by atoms with Crippen LogP contribution >= 0.6 is 0 Å². The van der Waals surface area contributed by atoms with Crippen molar-refractivity contribution in [2.45, 2.75) is 96.1 Å². The number of hydrogen-bond acceptors (Lipinski definition) is 9. The van der Waals surface area contributed by atoms with Gasteiger partial charge in [0.05, 0.1) is 12.6 Å². The van der Waals surface area contributed by atoms with E-state index in [4.69, 9.17) is 5.11 Å². The van der Waals surface area contributed by atoms with Crippen molar-refractivity contribution >= 4 is 47.8 Å². The fourth-order valence-corrected chi connectivity index (χ4v) is 3.22. The molecule has 9 N–H and O–H groups in total. The summed E-state index contributed by atoms with van der Waals surface area (Å²) < 4.78 is 140. The molecule has 0 aliphatic carbocycles. The van der Waals surface area contributed by atoms with Crippen LogP contribution in [-0.2, 0) is 38.4 Å². The van der Waals surface area contributed by atoms with E-state index in [-0.39, 0.29) is 58.4 Å². The lowest BCUT2D eigenvalue weighted by Gasteiger charge is -2.18. The van der Waals surface area contributed by atoms with Crippen molar-refractivity contribution in [2.24, 2.45) is 0 Å². The highest BCUT2D eigenvalue weighted by atomic mass is 19.4. The number of hydrogen-bond donors (Lipinski definition) is 9. The average Bonchev–Trinajstić information content (AvgIpc) is 3.11. The van der Waals surface area contributed by atoms with Gasteiger partial charge in [0.15, 0.2) is 0 Å². The topological polar surface area (TPSA) is 253 Å². The third kappa shape index (κ3) is 38.2. The Morgan fingerprint density at radius 1 is 0.576 bits per heavy atom. The van der Waals surface area contributed by atoms with E-state index >= 15 is 0 Å². The zero-order chi connectivity index (χ0) is 47.0. The minimum atomic E-state index is -4.98. The van der Waals surface area contributed by atoms with Gasteiger partial charge >= 0.3 is 54.3 Å². The summed E-state index contributed by atoms with van der Waals surface area (Å²) in [6, 6.07) is -1.24. The summed E-state index contributed by atoms with van der Waals surface area (Å²) in [6.07, 6.45) is -17.4. The van der Waals surface area contributed by atoms with Gasteiger partial charge < -0.3 is 47.6 Å². The number of halogens is 12. The van der Waals surface area contributed by atoms with Crippen LogP contribution in [0.4, 0.5) is 52.7 Å². The third-order valence-electron chi connectivity index (χ3n) is 5.99. The molecule has 0 aromatic carbocycles. The van der Waals surface area contributed by atoms with Gasteiger partial charge in [0, 0.05) is 32.2 Å². The van der Waals surface area contributed by atoms with E-state index in [1.54, 1.807) is 42.0 Å². The lowest BCUT2D eigenvalue weighted by molar-refractivity contribution is -0.173. The number of amides is 7. The molecule has 0 rings (SSSR count). The van der Waals surface area contributed by atoms with Crippen LogP contribution in [0.1, 0.15) is 59.3 Å². The van der Waals surface area contributed by atoms with E-state index in [1.807, 2.05) is 5.32 Å². The maximum atomic E-state index is 12.1. The summed E-state index contributed by atoms with van der Waals surface area (Å²) in [5.41, 5.74) is 0. The second-order valence-corrected chi connectivity index (χ2v) is 11.2. The molecule has 59 heavy (non-hydrogen) atoms. The van der Waals surface area contributed by atoms with E-state index in [2.05, 4.69) is 16.0 Å². The molecule has 2 unspecified atom stereocenters. The first-order valence-corrected chi connectivity index (χ1v) is 16.9. The number of carboxylic acids is 1. The van der Waals surface area contributed by atoms with Gasteiger partial charge in [0.25, 0.3) is 0 Å². The highest BCUT2D eigenvalue weighted by molar-refractivity contribution is 5.87. The lowest BCUT2D eigenvalue weighted by atomic mass is 10.1. The van der Waals surface area contributed by atoms with Gasteiger partial charge in [-0.2, -0.15) is 52.7 Å². The number of carbonyl (C=O) groups excluding carboxylic acids is 7. The van der Waals surface area contributed by atoms with Crippen molar-refractivity contribution in [2.75, 3.05) is 46.3 Å². The first kappa shape index (κ1) is 60.6. The second kappa shape index (κ2) is 31.8. The Labute approximate surface area is 329 Å². The maximum absolute atomic E-state index is 12.1. The Morgan fingerprint density at radius 3 is 1.22 bits per heavy atom. The van der Waals surface area contributed by atoms with Crippen molar-refractivity contribution in [3.8, 4) is 0 Å². The van der Waals surface area contributed by atoms with Crippen LogP contribution in [0.5, 0.6) is 0 Å². The monoisotopic (exact) mass is 892 g/mol. The predicted molar refractivity (Wildman–Crippen MR) is 180 cm³/mol. The van der Waals surface area contributed by atoms with E-state index in [9.17, 15) is 91.0 Å². The van der Waals surface area contributed by atoms with Crippen molar-refractivity contribution in [1.82, 2.24) is 42.5 Å². The Balaban J connectivity index is -0.000000448. The van der Waals surface area contributed by atoms with Gasteiger partial charge in [0.2, 0.25) is 18.2 Å². The molecule has 29 heteroatoms. The standard InChI is InChI=1S/C17H27F6N5O4.2C5H8F3NO.C3H5NO3/c1-10(5-3-7-25-14(31)16(18,19)20)28-12(29)9-27-13(30)11(24-2)6-4-8-26-15(32)17(21,22)23;2*1-2-3-9-4(10)5(6,7)8;5-2-4-1-3(6)7/h10-11,24H,3-9H2,1-2H3,(H,25,31)(H,26,32)(H,27,30)(H,28,29);2*2-3H2,1H3,(H,9,10);2H,1H2,(H,4,5)(H,6,7). The SMILES string of the molecule is CCCNC(=O)C(F)(F)F.CCCNC(=O)C(F)(F)F.CNC(CCCNC(=O)C(F)(F)F)C(=O)NCC(=O)NC(C)CCCNC(=O)C(F)(F)F.O=CNCC(=O)O. The minimum absolute atomic E-state index is 0.0678. The molecule has 0 heterocycles. The molecule has 7 amide bonds. The van der Waals surface area contributed by atoms with Crippen molar-refractivity contribution in [3.05, 3.63) is 0 Å². The second-order valence-electron chi connectivity index (χ2n) is 11.2. The molecule has 0 radical (unpaired) electrons. The Bertz CT molecular complexity index is 1250. The van der Waals surface area contributed by atoms with Crippen LogP contribution < -0.4 is 42.5 Å². The molecule has 0 saturated heterocycles. The fourth-order valence-electron chi connectivity index (χ4n) is 3.22. The van der Waals surface area contributed by atoms with E-state index in [1.165, 1.54) is 7.05 Å². The van der Waals surface area contributed by atoms with Gasteiger partial charge in [-0.25, -0.2) is 0 Å². The van der Waals surface area contributed by atoms with E-state index in [0.29, 0.717) is 19.3 Å². The zero-order valence-corrected chi connectivity index (χ0v) is 32.0. The van der Waals surface area contributed by atoms with E-state index in [0.717, 1.165) is 0 Å². The van der Waals surface area contributed by atoms with Crippen LogP contribution in [-0.4, -0.2) is 136 Å². The van der Waals surface area contributed by atoms with Crippen LogP contribution in [0.2, 0.25) is 0 Å². The van der Waals surface area contributed by atoms with Crippen LogP contribution in [0.15, 0.2) is 0 Å². The number of aliphatic carboxylic acids is 1. The van der Waals surface area contributed by atoms with Gasteiger partial charge in [0.1, 0.15) is 6.54 Å². The number of carbonyl (C=O) groups is 8. The Morgan fingerprint density at radius 2 is 0.932 bits per heavy atom. The van der Waals surface area contributed by atoms with Crippen LogP contribution in [0.3, 0.4) is 0 Å². The zero-order valence-electron chi connectivity index (χ0n) is 32.0. The average molecular weight is 893 g/mol. The van der Waals surface area contributed by atoms with Crippen molar-refractivity contribution in [3.63, 3.8) is 0 Å². The molecule has 0 aliphatic rings. The van der Waals surface area contributed by atoms with Gasteiger partial charge in [-0.3, -0.25) is 38.4 Å². The summed E-state index contributed by atoms with van der Waals surface area (Å²) in [6.45, 7) is 3.88. The summed E-state index contributed by atoms with van der Waals surface area (Å²) in [5, 5.41) is 24.1.